The molecule has 6 heteroatoms. The first-order chi connectivity index (χ1) is 13.2. The van der Waals surface area contributed by atoms with E-state index in [1.54, 1.807) is 10.6 Å². The molecular weight excluding hydrogens is 345 g/mol. The first kappa shape index (κ1) is 17.5. The van der Waals surface area contributed by atoms with E-state index < -0.39 is 0 Å². The molecule has 0 radical (unpaired) electrons. The van der Waals surface area contributed by atoms with Gasteiger partial charge in [-0.15, -0.1) is 0 Å². The molecule has 5 nitrogen and oxygen atoms in total. The number of aromatic nitrogens is 1. The Morgan fingerprint density at radius 1 is 0.926 bits per heavy atom. The van der Waals surface area contributed by atoms with Gasteiger partial charge in [0, 0.05) is 45.0 Å². The molecule has 4 rings (SSSR count). The average molecular weight is 367 g/mol. The zero-order valence-corrected chi connectivity index (χ0v) is 15.1. The van der Waals surface area contributed by atoms with Gasteiger partial charge in [0.25, 0.3) is 0 Å². The van der Waals surface area contributed by atoms with Gasteiger partial charge in [-0.3, -0.25) is 9.47 Å². The fourth-order valence-electron chi connectivity index (χ4n) is 3.43. The number of allylic oxidation sites excluding steroid dienone is 1. The van der Waals surface area contributed by atoms with Crippen LogP contribution in [0.5, 0.6) is 0 Å². The largest absolute Gasteiger partial charge is 0.420 e. The first-order valence-electron chi connectivity index (χ1n) is 9.17. The van der Waals surface area contributed by atoms with Crippen LogP contribution in [0.2, 0.25) is 0 Å². The molecule has 0 amide bonds. The number of hydrogen-bond donors (Lipinski definition) is 0. The number of halogens is 1. The van der Waals surface area contributed by atoms with Crippen molar-refractivity contribution < 1.29 is 8.81 Å². The van der Waals surface area contributed by atoms with E-state index in [4.69, 9.17) is 4.42 Å². The van der Waals surface area contributed by atoms with E-state index in [2.05, 4.69) is 15.9 Å². The topological polar surface area (TPSA) is 41.6 Å². The third-order valence-electron chi connectivity index (χ3n) is 4.96. The number of oxazole rings is 1. The molecular formula is C21H22FN3O2. The molecule has 1 saturated heterocycles. The van der Waals surface area contributed by atoms with Crippen LogP contribution >= 0.6 is 0 Å². The van der Waals surface area contributed by atoms with E-state index in [0.29, 0.717) is 12.1 Å². The van der Waals surface area contributed by atoms with Crippen molar-refractivity contribution in [3.63, 3.8) is 0 Å². The maximum absolute atomic E-state index is 13.0. The van der Waals surface area contributed by atoms with Crippen LogP contribution in [0.25, 0.3) is 11.1 Å². The van der Waals surface area contributed by atoms with Crippen LogP contribution in [0.3, 0.4) is 0 Å². The summed E-state index contributed by atoms with van der Waals surface area (Å²) in [7, 11) is 0. The van der Waals surface area contributed by atoms with Crippen LogP contribution in [0.15, 0.2) is 69.9 Å². The van der Waals surface area contributed by atoms with Crippen LogP contribution in [-0.4, -0.2) is 42.2 Å². The SMILES string of the molecule is O=c1oc2ccccc2n1CC=CCN1CCN(c2ccc(F)cc2)CC1. The van der Waals surface area contributed by atoms with Crippen LogP contribution in [0.4, 0.5) is 10.1 Å². The van der Waals surface area contributed by atoms with Crippen molar-refractivity contribution in [1.82, 2.24) is 9.47 Å². The number of piperazine rings is 1. The summed E-state index contributed by atoms with van der Waals surface area (Å²) in [5.41, 5.74) is 2.51. The van der Waals surface area contributed by atoms with Gasteiger partial charge in [0.05, 0.1) is 5.52 Å². The van der Waals surface area contributed by atoms with Crippen molar-refractivity contribution in [3.05, 3.63) is 77.1 Å². The van der Waals surface area contributed by atoms with Crippen molar-refractivity contribution in [3.8, 4) is 0 Å². The van der Waals surface area contributed by atoms with E-state index in [-0.39, 0.29) is 11.6 Å². The number of fused-ring (bicyclic) bond motifs is 1. The maximum Gasteiger partial charge on any atom is 0.420 e. The van der Waals surface area contributed by atoms with Gasteiger partial charge in [-0.25, -0.2) is 9.18 Å². The zero-order chi connectivity index (χ0) is 18.6. The van der Waals surface area contributed by atoms with Gasteiger partial charge in [-0.1, -0.05) is 24.3 Å². The molecule has 0 saturated carbocycles. The summed E-state index contributed by atoms with van der Waals surface area (Å²) >= 11 is 0. The second kappa shape index (κ2) is 7.80. The van der Waals surface area contributed by atoms with E-state index in [1.165, 1.54) is 12.1 Å². The van der Waals surface area contributed by atoms with Crippen molar-refractivity contribution in [2.24, 2.45) is 0 Å². The second-order valence-electron chi connectivity index (χ2n) is 6.68. The summed E-state index contributed by atoms with van der Waals surface area (Å²) in [4.78, 5) is 16.6. The van der Waals surface area contributed by atoms with E-state index >= 15 is 0 Å². The van der Waals surface area contributed by atoms with Gasteiger partial charge in [-0.2, -0.15) is 0 Å². The zero-order valence-electron chi connectivity index (χ0n) is 15.1. The number of rotatable bonds is 5. The summed E-state index contributed by atoms with van der Waals surface area (Å²) in [6.07, 6.45) is 4.11. The fraction of sp³-hybridized carbons (Fsp3) is 0.286. The van der Waals surface area contributed by atoms with E-state index in [1.807, 2.05) is 36.4 Å². The third-order valence-corrected chi connectivity index (χ3v) is 4.96. The molecule has 0 unspecified atom stereocenters. The minimum atomic E-state index is -0.325. The number of para-hydroxylation sites is 2. The lowest BCUT2D eigenvalue weighted by molar-refractivity contribution is 0.284. The summed E-state index contributed by atoms with van der Waals surface area (Å²) in [5, 5.41) is 0. The van der Waals surface area contributed by atoms with Crippen LogP contribution in [-0.2, 0) is 6.54 Å². The molecule has 1 fully saturated rings. The highest BCUT2D eigenvalue weighted by atomic mass is 19.1. The summed E-state index contributed by atoms with van der Waals surface area (Å²) < 4.78 is 19.9. The summed E-state index contributed by atoms with van der Waals surface area (Å²) in [6, 6.07) is 14.1. The van der Waals surface area contributed by atoms with Gasteiger partial charge in [0.2, 0.25) is 0 Å². The molecule has 0 spiro atoms. The lowest BCUT2D eigenvalue weighted by Gasteiger charge is -2.35. The van der Waals surface area contributed by atoms with E-state index in [0.717, 1.165) is 43.9 Å². The van der Waals surface area contributed by atoms with Crippen molar-refractivity contribution in [1.29, 1.82) is 0 Å². The molecule has 1 aliphatic rings. The van der Waals surface area contributed by atoms with Crippen LogP contribution in [0.1, 0.15) is 0 Å². The molecule has 0 N–H and O–H groups in total. The lowest BCUT2D eigenvalue weighted by Crippen LogP contribution is -2.46. The Balaban J connectivity index is 1.29. The molecule has 0 atom stereocenters. The fourth-order valence-corrected chi connectivity index (χ4v) is 3.43. The van der Waals surface area contributed by atoms with Crippen molar-refractivity contribution in [2.75, 3.05) is 37.6 Å². The standard InChI is InChI=1S/C21H22FN3O2/c22-17-7-9-18(10-8-17)24-15-13-23(14-16-24)11-3-4-12-25-19-5-1-2-6-20(19)27-21(25)26/h1-10H,11-16H2. The Morgan fingerprint density at radius 2 is 1.63 bits per heavy atom. The monoisotopic (exact) mass is 367 g/mol. The Kier molecular flexibility index (Phi) is 5.07. The van der Waals surface area contributed by atoms with Gasteiger partial charge in [0.15, 0.2) is 5.58 Å². The molecule has 3 aromatic rings. The minimum Gasteiger partial charge on any atom is -0.408 e. The number of anilines is 1. The maximum atomic E-state index is 13.0. The number of benzene rings is 2. The summed E-state index contributed by atoms with van der Waals surface area (Å²) in [6.45, 7) is 5.11. The molecule has 2 heterocycles. The van der Waals surface area contributed by atoms with Gasteiger partial charge in [-0.05, 0) is 36.4 Å². The first-order valence-corrected chi connectivity index (χ1v) is 9.17. The Labute approximate surface area is 156 Å². The molecule has 2 aromatic carbocycles. The highest BCUT2D eigenvalue weighted by molar-refractivity contribution is 5.72. The highest BCUT2D eigenvalue weighted by Crippen LogP contribution is 2.17. The number of nitrogens with zero attached hydrogens (tertiary/aromatic N) is 3. The van der Waals surface area contributed by atoms with E-state index in [9.17, 15) is 9.18 Å². The average Bonchev–Trinajstić information content (AvgIpc) is 3.02. The Morgan fingerprint density at radius 3 is 2.41 bits per heavy atom. The smallest absolute Gasteiger partial charge is 0.408 e. The molecule has 0 aliphatic carbocycles. The van der Waals surface area contributed by atoms with Gasteiger partial charge in [0.1, 0.15) is 5.82 Å². The normalized spacial score (nSPS) is 15.8. The van der Waals surface area contributed by atoms with Gasteiger partial charge < -0.3 is 9.32 Å². The predicted molar refractivity (Wildman–Crippen MR) is 105 cm³/mol. The van der Waals surface area contributed by atoms with Crippen LogP contribution < -0.4 is 10.7 Å². The van der Waals surface area contributed by atoms with Gasteiger partial charge >= 0.3 is 5.76 Å². The number of hydrogen-bond acceptors (Lipinski definition) is 4. The lowest BCUT2D eigenvalue weighted by atomic mass is 10.2. The Bertz CT molecular complexity index is 983. The molecule has 0 bridgehead atoms. The Hall–Kier alpha value is -2.86. The minimum absolute atomic E-state index is 0.202. The molecule has 27 heavy (non-hydrogen) atoms. The molecule has 1 aromatic heterocycles. The molecule has 1 aliphatic heterocycles. The summed E-state index contributed by atoms with van der Waals surface area (Å²) in [5.74, 6) is -0.527. The molecule has 140 valence electrons. The third kappa shape index (κ3) is 3.95. The second-order valence-corrected chi connectivity index (χ2v) is 6.68. The van der Waals surface area contributed by atoms with Crippen LogP contribution in [0, 0.1) is 5.82 Å². The predicted octanol–water partition coefficient (Wildman–Crippen LogP) is 3.11. The quantitative estimate of drug-likeness (QED) is 0.650. The van der Waals surface area contributed by atoms with Crippen molar-refractivity contribution >= 4 is 16.8 Å². The highest BCUT2D eigenvalue weighted by Gasteiger charge is 2.16. The van der Waals surface area contributed by atoms with Crippen molar-refractivity contribution in [2.45, 2.75) is 6.54 Å².